The smallest absolute Gasteiger partial charge is 0.335 e. The van der Waals surface area contributed by atoms with Gasteiger partial charge in [0.2, 0.25) is 0 Å². The van der Waals surface area contributed by atoms with Gasteiger partial charge in [-0.15, -0.1) is 0 Å². The minimum atomic E-state index is -3.59. The van der Waals surface area contributed by atoms with Crippen molar-refractivity contribution in [3.8, 4) is 0 Å². The number of carbonyl (C=O) groups is 1. The van der Waals surface area contributed by atoms with Crippen LogP contribution in [0.15, 0.2) is 27.6 Å². The highest BCUT2D eigenvalue weighted by Crippen LogP contribution is 2.25. The van der Waals surface area contributed by atoms with Gasteiger partial charge < -0.3 is 9.84 Å². The Bertz CT molecular complexity index is 553. The summed E-state index contributed by atoms with van der Waals surface area (Å²) in [6.45, 7) is 1.63. The molecule has 7 heteroatoms. The molecule has 0 aliphatic heterocycles. The van der Waals surface area contributed by atoms with Gasteiger partial charge in [-0.2, -0.15) is 0 Å². The predicted molar refractivity (Wildman–Crippen MR) is 69.6 cm³/mol. The summed E-state index contributed by atoms with van der Waals surface area (Å²) >= 11 is 3.11. The standard InChI is InChI=1S/C11H13BrO5S/c1-7(17-2)6-18(15,16)10-5-8(11(13)14)3-4-9(10)12/h3-5,7H,6H2,1-2H3,(H,13,14). The number of aromatic carboxylic acids is 1. The summed E-state index contributed by atoms with van der Waals surface area (Å²) in [5, 5.41) is 8.86. The quantitative estimate of drug-likeness (QED) is 0.888. The highest BCUT2D eigenvalue weighted by Gasteiger charge is 2.22. The van der Waals surface area contributed by atoms with E-state index in [2.05, 4.69) is 15.9 Å². The van der Waals surface area contributed by atoms with E-state index >= 15 is 0 Å². The van der Waals surface area contributed by atoms with Crippen molar-refractivity contribution in [1.82, 2.24) is 0 Å². The number of hydrogen-bond acceptors (Lipinski definition) is 4. The van der Waals surface area contributed by atoms with Crippen molar-refractivity contribution < 1.29 is 23.1 Å². The number of carboxylic acid groups (broad SMARTS) is 1. The molecule has 0 spiro atoms. The number of ether oxygens (including phenoxy) is 1. The number of hydrogen-bond donors (Lipinski definition) is 1. The maximum atomic E-state index is 12.1. The van der Waals surface area contributed by atoms with Crippen molar-refractivity contribution in [3.05, 3.63) is 28.2 Å². The Kier molecular flexibility index (Phi) is 4.89. The number of benzene rings is 1. The van der Waals surface area contributed by atoms with Crippen LogP contribution in [0.2, 0.25) is 0 Å². The molecule has 0 radical (unpaired) electrons. The molecule has 5 nitrogen and oxygen atoms in total. The first-order valence-corrected chi connectivity index (χ1v) is 7.51. The van der Waals surface area contributed by atoms with Gasteiger partial charge in [0.05, 0.1) is 22.3 Å². The predicted octanol–water partition coefficient (Wildman–Crippen LogP) is 1.96. The normalized spacial score (nSPS) is 13.3. The first-order chi connectivity index (χ1) is 8.27. The first-order valence-electron chi connectivity index (χ1n) is 5.06. The van der Waals surface area contributed by atoms with Crippen LogP contribution in [0.3, 0.4) is 0 Å². The van der Waals surface area contributed by atoms with E-state index in [9.17, 15) is 13.2 Å². The third kappa shape index (κ3) is 3.54. The number of rotatable bonds is 5. The van der Waals surface area contributed by atoms with Gasteiger partial charge in [0.1, 0.15) is 0 Å². The van der Waals surface area contributed by atoms with Crippen LogP contribution in [0.5, 0.6) is 0 Å². The molecule has 0 heterocycles. The number of sulfone groups is 1. The zero-order chi connectivity index (χ0) is 13.9. The van der Waals surface area contributed by atoms with E-state index in [-0.39, 0.29) is 16.2 Å². The van der Waals surface area contributed by atoms with Crippen LogP contribution < -0.4 is 0 Å². The fraction of sp³-hybridized carbons (Fsp3) is 0.364. The molecule has 1 N–H and O–H groups in total. The summed E-state index contributed by atoms with van der Waals surface area (Å²) in [4.78, 5) is 10.8. The molecule has 0 aliphatic carbocycles. The first kappa shape index (κ1) is 15.1. The molecular weight excluding hydrogens is 324 g/mol. The number of methoxy groups -OCH3 is 1. The molecule has 1 unspecified atom stereocenters. The van der Waals surface area contributed by atoms with E-state index in [4.69, 9.17) is 9.84 Å². The van der Waals surface area contributed by atoms with E-state index in [1.54, 1.807) is 6.92 Å². The molecule has 1 rings (SSSR count). The van der Waals surface area contributed by atoms with Crippen molar-refractivity contribution in [2.45, 2.75) is 17.9 Å². The Morgan fingerprint density at radius 1 is 1.50 bits per heavy atom. The fourth-order valence-electron chi connectivity index (χ4n) is 1.34. The molecule has 0 saturated heterocycles. The molecule has 0 amide bonds. The van der Waals surface area contributed by atoms with Crippen LogP contribution in [0.1, 0.15) is 17.3 Å². The van der Waals surface area contributed by atoms with E-state index in [0.29, 0.717) is 4.47 Å². The van der Waals surface area contributed by atoms with Crippen LogP contribution in [-0.4, -0.2) is 38.5 Å². The van der Waals surface area contributed by atoms with Gasteiger partial charge >= 0.3 is 5.97 Å². The zero-order valence-electron chi connectivity index (χ0n) is 9.88. The van der Waals surface area contributed by atoms with Crippen LogP contribution in [0.25, 0.3) is 0 Å². The van der Waals surface area contributed by atoms with Crippen molar-refractivity contribution in [2.75, 3.05) is 12.9 Å². The van der Waals surface area contributed by atoms with Crippen LogP contribution in [0, 0.1) is 0 Å². The van der Waals surface area contributed by atoms with Gasteiger partial charge in [0, 0.05) is 11.6 Å². The Morgan fingerprint density at radius 3 is 2.61 bits per heavy atom. The summed E-state index contributed by atoms with van der Waals surface area (Å²) in [7, 11) is -2.17. The topological polar surface area (TPSA) is 80.7 Å². The van der Waals surface area contributed by atoms with E-state index in [1.165, 1.54) is 19.2 Å². The summed E-state index contributed by atoms with van der Waals surface area (Å²) in [6.07, 6.45) is -0.463. The van der Waals surface area contributed by atoms with Gasteiger partial charge in [0.25, 0.3) is 0 Å². The average Bonchev–Trinajstić information content (AvgIpc) is 2.28. The van der Waals surface area contributed by atoms with E-state index in [1.807, 2.05) is 0 Å². The van der Waals surface area contributed by atoms with Crippen molar-refractivity contribution in [3.63, 3.8) is 0 Å². The molecule has 0 saturated carbocycles. The summed E-state index contributed by atoms with van der Waals surface area (Å²) in [6, 6.07) is 3.89. The van der Waals surface area contributed by atoms with Gasteiger partial charge in [-0.3, -0.25) is 0 Å². The van der Waals surface area contributed by atoms with Gasteiger partial charge in [-0.05, 0) is 41.1 Å². The monoisotopic (exact) mass is 336 g/mol. The number of halogens is 1. The van der Waals surface area contributed by atoms with E-state index in [0.717, 1.165) is 6.07 Å². The van der Waals surface area contributed by atoms with Gasteiger partial charge in [-0.25, -0.2) is 13.2 Å². The summed E-state index contributed by atoms with van der Waals surface area (Å²) in [5.74, 6) is -1.37. The highest BCUT2D eigenvalue weighted by molar-refractivity contribution is 9.10. The van der Waals surface area contributed by atoms with Gasteiger partial charge in [0.15, 0.2) is 9.84 Å². The second kappa shape index (κ2) is 5.81. The molecule has 100 valence electrons. The molecular formula is C11H13BrO5S. The molecule has 0 bridgehead atoms. The number of carboxylic acids is 1. The third-order valence-corrected chi connectivity index (χ3v) is 5.24. The Morgan fingerprint density at radius 2 is 2.11 bits per heavy atom. The lowest BCUT2D eigenvalue weighted by atomic mass is 10.2. The largest absolute Gasteiger partial charge is 0.478 e. The lowest BCUT2D eigenvalue weighted by Gasteiger charge is -2.12. The molecule has 0 aromatic heterocycles. The second-order valence-electron chi connectivity index (χ2n) is 3.78. The lowest BCUT2D eigenvalue weighted by Crippen LogP contribution is -2.20. The highest BCUT2D eigenvalue weighted by atomic mass is 79.9. The van der Waals surface area contributed by atoms with E-state index < -0.39 is 21.9 Å². The molecule has 18 heavy (non-hydrogen) atoms. The van der Waals surface area contributed by atoms with Gasteiger partial charge in [-0.1, -0.05) is 0 Å². The molecule has 1 aromatic carbocycles. The Balaban J connectivity index is 3.23. The van der Waals surface area contributed by atoms with Crippen LogP contribution >= 0.6 is 15.9 Å². The van der Waals surface area contributed by atoms with Crippen molar-refractivity contribution in [1.29, 1.82) is 0 Å². The minimum absolute atomic E-state index is 0.0358. The second-order valence-corrected chi connectivity index (χ2v) is 6.64. The average molecular weight is 337 g/mol. The lowest BCUT2D eigenvalue weighted by molar-refractivity contribution is 0.0696. The maximum Gasteiger partial charge on any atom is 0.335 e. The molecule has 0 aliphatic rings. The SMILES string of the molecule is COC(C)CS(=O)(=O)c1cc(C(=O)O)ccc1Br. The minimum Gasteiger partial charge on any atom is -0.478 e. The third-order valence-electron chi connectivity index (χ3n) is 2.37. The van der Waals surface area contributed by atoms with Crippen molar-refractivity contribution >= 4 is 31.7 Å². The summed E-state index contributed by atoms with van der Waals surface area (Å²) < 4.78 is 29.4. The summed E-state index contributed by atoms with van der Waals surface area (Å²) in [5.41, 5.74) is -0.0677. The van der Waals surface area contributed by atoms with Crippen LogP contribution in [-0.2, 0) is 14.6 Å². The Labute approximate surface area is 114 Å². The Hall–Kier alpha value is -0.920. The fourth-order valence-corrected chi connectivity index (χ4v) is 3.93. The van der Waals surface area contributed by atoms with Crippen molar-refractivity contribution in [2.24, 2.45) is 0 Å². The van der Waals surface area contributed by atoms with Crippen LogP contribution in [0.4, 0.5) is 0 Å². The maximum absolute atomic E-state index is 12.1. The molecule has 1 atom stereocenters. The zero-order valence-corrected chi connectivity index (χ0v) is 12.3. The molecule has 0 fully saturated rings. The molecule has 1 aromatic rings.